The van der Waals surface area contributed by atoms with Crippen molar-refractivity contribution in [2.45, 2.75) is 51.3 Å². The molecule has 5 heterocycles. The molecule has 2 saturated heterocycles. The lowest BCUT2D eigenvalue weighted by Crippen LogP contribution is -2.58. The molecule has 1 amide bonds. The zero-order valence-electron chi connectivity index (χ0n) is 24.3. The number of likely N-dealkylation sites (tertiary alicyclic amines) is 1. The van der Waals surface area contributed by atoms with Gasteiger partial charge < -0.3 is 34.6 Å². The molecule has 2 fully saturated rings. The molecule has 224 valence electrons. The molecule has 12 heteroatoms. The summed E-state index contributed by atoms with van der Waals surface area (Å²) in [5, 5.41) is 36.5. The number of ether oxygens (including phenoxy) is 1. The second kappa shape index (κ2) is 11.8. The summed E-state index contributed by atoms with van der Waals surface area (Å²) >= 11 is 0. The Kier molecular flexibility index (Phi) is 7.91. The molecule has 1 aromatic carbocycles. The average Bonchev–Trinajstić information content (AvgIpc) is 3.57. The summed E-state index contributed by atoms with van der Waals surface area (Å²) in [5.74, 6) is 1.30. The second-order valence-electron chi connectivity index (χ2n) is 11.9. The molecule has 3 N–H and O–H groups in total. The average molecular weight is 578 g/mol. The molecule has 0 unspecified atom stereocenters. The van der Waals surface area contributed by atoms with E-state index in [1.807, 2.05) is 39.0 Å². The number of carbonyl (C=O) groups excluding carboxylic acids is 1. The van der Waals surface area contributed by atoms with Gasteiger partial charge in [0.05, 0.1) is 23.5 Å². The number of aliphatic hydroxyl groups is 1. The third-order valence-electron chi connectivity index (χ3n) is 8.57. The van der Waals surface area contributed by atoms with Gasteiger partial charge in [-0.2, -0.15) is 0 Å². The van der Waals surface area contributed by atoms with Gasteiger partial charge >= 0.3 is 0 Å². The van der Waals surface area contributed by atoms with Gasteiger partial charge in [0, 0.05) is 56.9 Å². The summed E-state index contributed by atoms with van der Waals surface area (Å²) in [7, 11) is 0. The molecule has 12 nitrogen and oxygen atoms in total. The van der Waals surface area contributed by atoms with E-state index in [0.717, 1.165) is 44.2 Å². The first-order valence-electron chi connectivity index (χ1n) is 14.8. The van der Waals surface area contributed by atoms with E-state index in [9.17, 15) is 15.0 Å². The molecule has 3 aromatic rings. The number of aromatic hydroxyl groups is 1. The number of phenols is 1. The number of fused-ring (bicyclic) bond motifs is 3. The Morgan fingerprint density at radius 1 is 1.19 bits per heavy atom. The fourth-order valence-corrected chi connectivity index (χ4v) is 6.37. The second-order valence-corrected chi connectivity index (χ2v) is 11.9. The highest BCUT2D eigenvalue weighted by Crippen LogP contribution is 2.36. The van der Waals surface area contributed by atoms with Gasteiger partial charge in [0.1, 0.15) is 18.3 Å². The monoisotopic (exact) mass is 577 g/mol. The van der Waals surface area contributed by atoms with E-state index in [-0.39, 0.29) is 29.7 Å². The number of β-amino-alcohol motifs (C(OH)–C–C–N with tert-alkyl or cyclic N) is 1. The highest BCUT2D eigenvalue weighted by Gasteiger charge is 2.39. The van der Waals surface area contributed by atoms with Crippen molar-refractivity contribution in [1.82, 2.24) is 25.2 Å². The maximum Gasteiger partial charge on any atom is 0.254 e. The lowest BCUT2D eigenvalue weighted by molar-refractivity contribution is -0.135. The van der Waals surface area contributed by atoms with Crippen molar-refractivity contribution in [3.05, 3.63) is 42.2 Å². The Labute approximate surface area is 245 Å². The smallest absolute Gasteiger partial charge is 0.254 e. The summed E-state index contributed by atoms with van der Waals surface area (Å²) in [6.07, 6.45) is 0.105. The van der Waals surface area contributed by atoms with Crippen LogP contribution in [-0.4, -0.2) is 105 Å². The quantitative estimate of drug-likeness (QED) is 0.364. The van der Waals surface area contributed by atoms with Gasteiger partial charge in [-0.15, -0.1) is 10.2 Å². The number of para-hydroxylation sites is 1. The van der Waals surface area contributed by atoms with Crippen LogP contribution in [0.4, 0.5) is 11.5 Å². The van der Waals surface area contributed by atoms with Gasteiger partial charge in [-0.05, 0) is 42.6 Å². The highest BCUT2D eigenvalue weighted by molar-refractivity contribution is 5.84. The first-order chi connectivity index (χ1) is 20.3. The van der Waals surface area contributed by atoms with E-state index in [0.29, 0.717) is 42.5 Å². The fourth-order valence-electron chi connectivity index (χ4n) is 6.37. The molecule has 6 rings (SSSR count). The van der Waals surface area contributed by atoms with Crippen LogP contribution in [-0.2, 0) is 4.79 Å². The molecule has 4 atom stereocenters. The molecular weight excluding hydrogens is 538 g/mol. The lowest BCUT2D eigenvalue weighted by Gasteiger charge is -2.45. The number of phenolic OH excluding ortho intramolecular Hbond substituents is 1. The number of hydrogen-bond donors (Lipinski definition) is 3. The normalized spacial score (nSPS) is 22.9. The van der Waals surface area contributed by atoms with Gasteiger partial charge in [0.25, 0.3) is 5.88 Å². The Morgan fingerprint density at radius 3 is 2.79 bits per heavy atom. The Hall–Kier alpha value is -3.90. The zero-order chi connectivity index (χ0) is 29.4. The topological polar surface area (TPSA) is 140 Å². The predicted molar refractivity (Wildman–Crippen MR) is 157 cm³/mol. The molecule has 2 aromatic heterocycles. The third-order valence-corrected chi connectivity index (χ3v) is 8.57. The SMILES string of the molecule is CC(C)[C@@H](C(=O)N1C[C@H](O)C[C@H]1C)c1cc(OCCN2CCN3c4cc(-c5ccccc5O)nnc4NC[C@H]3C2)no1. The van der Waals surface area contributed by atoms with Crippen molar-refractivity contribution < 1.29 is 24.3 Å². The number of benzene rings is 1. The van der Waals surface area contributed by atoms with Crippen molar-refractivity contribution in [2.75, 3.05) is 56.1 Å². The Bertz CT molecular complexity index is 1410. The number of piperazine rings is 1. The van der Waals surface area contributed by atoms with Crippen molar-refractivity contribution in [3.8, 4) is 22.9 Å². The fraction of sp³-hybridized carbons (Fsp3) is 0.533. The number of hydrogen-bond acceptors (Lipinski definition) is 11. The van der Waals surface area contributed by atoms with Gasteiger partial charge in [-0.25, -0.2) is 0 Å². The number of aromatic nitrogens is 3. The number of nitrogens with one attached hydrogen (secondary N) is 1. The number of anilines is 2. The molecule has 0 spiro atoms. The lowest BCUT2D eigenvalue weighted by atomic mass is 9.91. The first-order valence-corrected chi connectivity index (χ1v) is 14.8. The molecule has 0 aliphatic carbocycles. The molecule has 0 saturated carbocycles. The van der Waals surface area contributed by atoms with Crippen LogP contribution in [0.2, 0.25) is 0 Å². The van der Waals surface area contributed by atoms with Gasteiger partial charge in [-0.1, -0.05) is 26.0 Å². The zero-order valence-corrected chi connectivity index (χ0v) is 24.3. The third kappa shape index (κ3) is 5.60. The maximum absolute atomic E-state index is 13.3. The van der Waals surface area contributed by atoms with Gasteiger partial charge in [-0.3, -0.25) is 9.69 Å². The maximum atomic E-state index is 13.3. The minimum Gasteiger partial charge on any atom is -0.507 e. The van der Waals surface area contributed by atoms with E-state index in [2.05, 4.69) is 30.5 Å². The van der Waals surface area contributed by atoms with Crippen molar-refractivity contribution in [1.29, 1.82) is 0 Å². The van der Waals surface area contributed by atoms with E-state index in [4.69, 9.17) is 9.26 Å². The van der Waals surface area contributed by atoms with Crippen LogP contribution in [0.5, 0.6) is 11.6 Å². The Balaban J connectivity index is 1.04. The van der Waals surface area contributed by atoms with Crippen molar-refractivity contribution >= 4 is 17.4 Å². The van der Waals surface area contributed by atoms with Crippen molar-refractivity contribution in [2.24, 2.45) is 5.92 Å². The molecule has 3 aliphatic heterocycles. The number of rotatable bonds is 8. The minimum absolute atomic E-state index is 0.00653. The largest absolute Gasteiger partial charge is 0.507 e. The van der Waals surface area contributed by atoms with Crippen LogP contribution in [0.1, 0.15) is 38.9 Å². The highest BCUT2D eigenvalue weighted by atomic mass is 16.5. The molecule has 3 aliphatic rings. The van der Waals surface area contributed by atoms with Gasteiger partial charge in [0.2, 0.25) is 5.91 Å². The predicted octanol–water partition coefficient (Wildman–Crippen LogP) is 2.55. The van der Waals surface area contributed by atoms with Crippen LogP contribution in [0.3, 0.4) is 0 Å². The summed E-state index contributed by atoms with van der Waals surface area (Å²) in [4.78, 5) is 19.8. The number of carbonyl (C=O) groups is 1. The number of amides is 1. The van der Waals surface area contributed by atoms with Crippen molar-refractivity contribution in [3.63, 3.8) is 0 Å². The summed E-state index contributed by atoms with van der Waals surface area (Å²) in [5.41, 5.74) is 2.30. The Morgan fingerprint density at radius 2 is 2.02 bits per heavy atom. The van der Waals surface area contributed by atoms with E-state index in [1.54, 1.807) is 23.1 Å². The number of nitrogens with zero attached hydrogens (tertiary/aromatic N) is 6. The molecular formula is C30H39N7O5. The molecule has 0 radical (unpaired) electrons. The summed E-state index contributed by atoms with van der Waals surface area (Å²) in [6, 6.07) is 11.1. The molecule has 0 bridgehead atoms. The standard InChI is InChI=1S/C30H39N7O5/c1-18(2)28(30(40)37-17-21(38)12-19(37)3)26-14-27(34-42-26)41-11-10-35-8-9-36-20(16-35)15-31-29-24(36)13-23(32-33-29)22-6-4-5-7-25(22)39/h4-7,13-14,18-21,28,38-39H,8-12,15-17H2,1-3H3,(H,31,33)/t19-,20+,21-,28-/m1/s1. The minimum atomic E-state index is -0.485. The van der Waals surface area contributed by atoms with Crippen LogP contribution >= 0.6 is 0 Å². The van der Waals surface area contributed by atoms with Crippen LogP contribution in [0, 0.1) is 5.92 Å². The van der Waals surface area contributed by atoms with Crippen LogP contribution in [0.15, 0.2) is 40.9 Å². The summed E-state index contributed by atoms with van der Waals surface area (Å²) < 4.78 is 11.5. The van der Waals surface area contributed by atoms with Gasteiger partial charge in [0.15, 0.2) is 11.6 Å². The van der Waals surface area contributed by atoms with Crippen LogP contribution in [0.25, 0.3) is 11.3 Å². The van der Waals surface area contributed by atoms with E-state index < -0.39 is 12.0 Å². The molecule has 42 heavy (non-hydrogen) atoms. The van der Waals surface area contributed by atoms with E-state index >= 15 is 0 Å². The first kappa shape index (κ1) is 28.2. The summed E-state index contributed by atoms with van der Waals surface area (Å²) in [6.45, 7) is 10.8. The van der Waals surface area contributed by atoms with E-state index in [1.165, 1.54) is 0 Å². The van der Waals surface area contributed by atoms with Crippen LogP contribution < -0.4 is 15.0 Å². The number of aliphatic hydroxyl groups excluding tert-OH is 1.